The monoisotopic (exact) mass is 346 g/mol. The predicted octanol–water partition coefficient (Wildman–Crippen LogP) is 2.34. The molecule has 0 bridgehead atoms. The van der Waals surface area contributed by atoms with E-state index in [0.717, 1.165) is 11.3 Å². The summed E-state index contributed by atoms with van der Waals surface area (Å²) in [6, 6.07) is 7.00. The molecule has 0 fully saturated rings. The predicted molar refractivity (Wildman–Crippen MR) is 92.8 cm³/mol. The van der Waals surface area contributed by atoms with Crippen LogP contribution in [0.15, 0.2) is 24.3 Å². The standard InChI is InChI=1S/C17H22N4O4/c1-11-16(21(23)24)12(2)20(19-11)13(3)17(22)18-10-9-14-5-7-15(25-4)8-6-14/h5-8,13H,9-10H2,1-4H3,(H,18,22). The molecule has 0 aliphatic carbocycles. The van der Waals surface area contributed by atoms with Crippen LogP contribution in [-0.2, 0) is 11.2 Å². The second kappa shape index (κ2) is 7.78. The van der Waals surface area contributed by atoms with Gasteiger partial charge in [0.2, 0.25) is 5.91 Å². The van der Waals surface area contributed by atoms with Crippen LogP contribution >= 0.6 is 0 Å². The minimum absolute atomic E-state index is 0.0436. The van der Waals surface area contributed by atoms with Gasteiger partial charge in [-0.25, -0.2) is 0 Å². The van der Waals surface area contributed by atoms with E-state index in [9.17, 15) is 14.9 Å². The van der Waals surface area contributed by atoms with Gasteiger partial charge in [-0.3, -0.25) is 19.6 Å². The molecule has 8 nitrogen and oxygen atoms in total. The summed E-state index contributed by atoms with van der Waals surface area (Å²) in [6.07, 6.45) is 0.680. The van der Waals surface area contributed by atoms with Crippen LogP contribution in [0.25, 0.3) is 0 Å². The van der Waals surface area contributed by atoms with Crippen molar-refractivity contribution in [2.75, 3.05) is 13.7 Å². The highest BCUT2D eigenvalue weighted by atomic mass is 16.6. The van der Waals surface area contributed by atoms with Crippen molar-refractivity contribution in [1.29, 1.82) is 0 Å². The summed E-state index contributed by atoms with van der Waals surface area (Å²) in [5.74, 6) is 0.557. The molecule has 0 saturated heterocycles. The number of carbonyl (C=O) groups is 1. The molecule has 0 radical (unpaired) electrons. The molecule has 1 amide bonds. The molecule has 0 saturated carbocycles. The summed E-state index contributed by atoms with van der Waals surface area (Å²) in [7, 11) is 1.61. The van der Waals surface area contributed by atoms with E-state index in [4.69, 9.17) is 4.74 Å². The zero-order chi connectivity index (χ0) is 18.6. The van der Waals surface area contributed by atoms with Crippen LogP contribution in [0.5, 0.6) is 5.75 Å². The topological polar surface area (TPSA) is 99.3 Å². The first-order valence-electron chi connectivity index (χ1n) is 7.96. The third kappa shape index (κ3) is 4.14. The van der Waals surface area contributed by atoms with Gasteiger partial charge in [0.05, 0.1) is 12.0 Å². The highest BCUT2D eigenvalue weighted by molar-refractivity contribution is 5.80. The maximum absolute atomic E-state index is 12.3. The summed E-state index contributed by atoms with van der Waals surface area (Å²) in [5.41, 5.74) is 1.72. The van der Waals surface area contributed by atoms with Gasteiger partial charge < -0.3 is 10.1 Å². The average molecular weight is 346 g/mol. The Labute approximate surface area is 145 Å². The fraction of sp³-hybridized carbons (Fsp3) is 0.412. The molecule has 0 aliphatic rings. The van der Waals surface area contributed by atoms with Crippen LogP contribution in [-0.4, -0.2) is 34.3 Å². The molecule has 2 rings (SSSR count). The first-order chi connectivity index (χ1) is 11.8. The normalized spacial score (nSPS) is 11.8. The maximum atomic E-state index is 12.3. The Bertz CT molecular complexity index is 768. The van der Waals surface area contributed by atoms with Gasteiger partial charge in [-0.2, -0.15) is 5.10 Å². The molecule has 1 unspecified atom stereocenters. The van der Waals surface area contributed by atoms with Crippen molar-refractivity contribution < 1.29 is 14.5 Å². The van der Waals surface area contributed by atoms with E-state index >= 15 is 0 Å². The largest absolute Gasteiger partial charge is 0.497 e. The Hall–Kier alpha value is -2.90. The first kappa shape index (κ1) is 18.4. The number of nitro groups is 1. The lowest BCUT2D eigenvalue weighted by molar-refractivity contribution is -0.386. The van der Waals surface area contributed by atoms with Crippen LogP contribution in [0.4, 0.5) is 5.69 Å². The van der Waals surface area contributed by atoms with E-state index in [2.05, 4.69) is 10.4 Å². The average Bonchev–Trinajstić information content (AvgIpc) is 2.89. The lowest BCUT2D eigenvalue weighted by Crippen LogP contribution is -2.33. The molecule has 25 heavy (non-hydrogen) atoms. The van der Waals surface area contributed by atoms with Gasteiger partial charge in [-0.05, 0) is 44.9 Å². The maximum Gasteiger partial charge on any atom is 0.312 e. The van der Waals surface area contributed by atoms with Gasteiger partial charge in [-0.15, -0.1) is 0 Å². The number of ether oxygens (including phenoxy) is 1. The second-order valence-corrected chi connectivity index (χ2v) is 5.79. The summed E-state index contributed by atoms with van der Waals surface area (Å²) < 4.78 is 6.50. The third-order valence-electron chi connectivity index (χ3n) is 4.09. The van der Waals surface area contributed by atoms with Crippen LogP contribution in [0.1, 0.15) is 29.9 Å². The Morgan fingerprint density at radius 1 is 1.36 bits per heavy atom. The zero-order valence-corrected chi connectivity index (χ0v) is 14.8. The van der Waals surface area contributed by atoms with Gasteiger partial charge in [0, 0.05) is 6.54 Å². The summed E-state index contributed by atoms with van der Waals surface area (Å²) in [5, 5.41) is 18.0. The van der Waals surface area contributed by atoms with Crippen molar-refractivity contribution in [1.82, 2.24) is 15.1 Å². The Morgan fingerprint density at radius 2 is 2.00 bits per heavy atom. The first-order valence-corrected chi connectivity index (χ1v) is 7.96. The van der Waals surface area contributed by atoms with E-state index in [1.807, 2.05) is 24.3 Å². The van der Waals surface area contributed by atoms with E-state index in [0.29, 0.717) is 24.4 Å². The van der Waals surface area contributed by atoms with Crippen LogP contribution in [0.2, 0.25) is 0 Å². The summed E-state index contributed by atoms with van der Waals surface area (Å²) in [4.78, 5) is 22.9. The van der Waals surface area contributed by atoms with Crippen molar-refractivity contribution in [2.45, 2.75) is 33.2 Å². The van der Waals surface area contributed by atoms with Crippen molar-refractivity contribution in [2.24, 2.45) is 0 Å². The quantitative estimate of drug-likeness (QED) is 0.613. The number of amides is 1. The third-order valence-corrected chi connectivity index (χ3v) is 4.09. The van der Waals surface area contributed by atoms with Crippen LogP contribution < -0.4 is 10.1 Å². The summed E-state index contributed by atoms with van der Waals surface area (Å²) >= 11 is 0. The molecule has 2 aromatic rings. The SMILES string of the molecule is COc1ccc(CCNC(=O)C(C)n2nc(C)c([N+](=O)[O-])c2C)cc1. The number of hydrogen-bond acceptors (Lipinski definition) is 5. The van der Waals surface area contributed by atoms with E-state index in [-0.39, 0.29) is 11.6 Å². The van der Waals surface area contributed by atoms with Gasteiger partial charge in [0.1, 0.15) is 23.2 Å². The van der Waals surface area contributed by atoms with Crippen LogP contribution in [0.3, 0.4) is 0 Å². The number of aryl methyl sites for hydroxylation is 1. The fourth-order valence-corrected chi connectivity index (χ4v) is 2.68. The number of rotatable bonds is 7. The second-order valence-electron chi connectivity index (χ2n) is 5.79. The van der Waals surface area contributed by atoms with Crippen molar-refractivity contribution >= 4 is 11.6 Å². The molecule has 0 aliphatic heterocycles. The summed E-state index contributed by atoms with van der Waals surface area (Å²) in [6.45, 7) is 5.30. The van der Waals surface area contributed by atoms with Crippen molar-refractivity contribution in [3.63, 3.8) is 0 Å². The molecular weight excluding hydrogens is 324 g/mol. The molecule has 1 N–H and O–H groups in total. The molecule has 1 aromatic heterocycles. The van der Waals surface area contributed by atoms with Crippen molar-refractivity contribution in [3.8, 4) is 5.75 Å². The number of benzene rings is 1. The van der Waals surface area contributed by atoms with E-state index < -0.39 is 11.0 Å². The molecule has 1 aromatic carbocycles. The number of hydrogen-bond donors (Lipinski definition) is 1. The smallest absolute Gasteiger partial charge is 0.312 e. The van der Waals surface area contributed by atoms with E-state index in [1.165, 1.54) is 4.68 Å². The minimum atomic E-state index is -0.622. The van der Waals surface area contributed by atoms with Gasteiger partial charge in [0.25, 0.3) is 0 Å². The molecule has 134 valence electrons. The van der Waals surface area contributed by atoms with Crippen LogP contribution in [0, 0.1) is 24.0 Å². The molecule has 8 heteroatoms. The van der Waals surface area contributed by atoms with Gasteiger partial charge in [-0.1, -0.05) is 12.1 Å². The highest BCUT2D eigenvalue weighted by Crippen LogP contribution is 2.24. The van der Waals surface area contributed by atoms with Gasteiger partial charge in [0.15, 0.2) is 0 Å². The fourth-order valence-electron chi connectivity index (χ4n) is 2.68. The lowest BCUT2D eigenvalue weighted by atomic mass is 10.1. The highest BCUT2D eigenvalue weighted by Gasteiger charge is 2.26. The minimum Gasteiger partial charge on any atom is -0.497 e. The van der Waals surface area contributed by atoms with Gasteiger partial charge >= 0.3 is 5.69 Å². The lowest BCUT2D eigenvalue weighted by Gasteiger charge is -2.14. The molecular formula is C17H22N4O4. The number of aromatic nitrogens is 2. The molecule has 1 heterocycles. The zero-order valence-electron chi connectivity index (χ0n) is 14.8. The Kier molecular flexibility index (Phi) is 5.74. The Morgan fingerprint density at radius 3 is 2.52 bits per heavy atom. The number of methoxy groups -OCH3 is 1. The molecule has 1 atom stereocenters. The number of nitrogens with one attached hydrogen (secondary N) is 1. The number of carbonyl (C=O) groups excluding carboxylic acids is 1. The van der Waals surface area contributed by atoms with E-state index in [1.54, 1.807) is 27.9 Å². The molecule has 0 spiro atoms. The number of nitrogens with zero attached hydrogens (tertiary/aromatic N) is 3. The Balaban J connectivity index is 1.96. The van der Waals surface area contributed by atoms with Crippen molar-refractivity contribution in [3.05, 3.63) is 51.3 Å².